The van der Waals surface area contributed by atoms with E-state index in [0.29, 0.717) is 0 Å². The first kappa shape index (κ1) is 19.9. The molecule has 0 spiro atoms. The van der Waals surface area contributed by atoms with E-state index >= 15 is 0 Å². The monoisotopic (exact) mass is 465 g/mol. The van der Waals surface area contributed by atoms with Crippen LogP contribution in [-0.4, -0.2) is 55.9 Å². The van der Waals surface area contributed by atoms with Crippen LogP contribution in [0.25, 0.3) is 0 Å². The third-order valence-corrected chi connectivity index (χ3v) is 5.27. The Morgan fingerprint density at radius 2 is 2.17 bits per heavy atom. The Morgan fingerprint density at radius 1 is 1.33 bits per heavy atom. The number of nitrogens with zero attached hydrogens (tertiary/aromatic N) is 2. The predicted octanol–water partition coefficient (Wildman–Crippen LogP) is 3.02. The molecule has 0 saturated carbocycles. The van der Waals surface area contributed by atoms with Crippen LogP contribution in [0.4, 0.5) is 0 Å². The van der Waals surface area contributed by atoms with Gasteiger partial charge in [0.1, 0.15) is 6.10 Å². The van der Waals surface area contributed by atoms with Crippen molar-refractivity contribution >= 4 is 41.3 Å². The molecule has 2 saturated heterocycles. The van der Waals surface area contributed by atoms with Crippen molar-refractivity contribution in [3.8, 4) is 0 Å². The number of thiophene rings is 1. The lowest BCUT2D eigenvalue weighted by Gasteiger charge is -2.37. The van der Waals surface area contributed by atoms with E-state index < -0.39 is 0 Å². The zero-order valence-corrected chi connectivity index (χ0v) is 17.6. The van der Waals surface area contributed by atoms with Crippen molar-refractivity contribution in [2.24, 2.45) is 4.99 Å². The first-order chi connectivity index (χ1) is 11.3. The summed E-state index contributed by atoms with van der Waals surface area (Å²) in [4.78, 5) is 9.79. The third kappa shape index (κ3) is 5.31. The highest BCUT2D eigenvalue weighted by Crippen LogP contribution is 2.21. The van der Waals surface area contributed by atoms with E-state index in [9.17, 15) is 0 Å². The maximum Gasteiger partial charge on any atom is 0.194 e. The Balaban J connectivity index is 0.00000208. The van der Waals surface area contributed by atoms with Gasteiger partial charge in [0.2, 0.25) is 0 Å². The van der Waals surface area contributed by atoms with Crippen molar-refractivity contribution < 1.29 is 9.47 Å². The Morgan fingerprint density at radius 3 is 2.83 bits per heavy atom. The Hall–Kier alpha value is -0.380. The third-order valence-electron chi connectivity index (χ3n) is 4.29. The second-order valence-electron chi connectivity index (χ2n) is 6.09. The van der Waals surface area contributed by atoms with E-state index in [1.54, 1.807) is 0 Å². The molecule has 24 heavy (non-hydrogen) atoms. The Bertz CT molecular complexity index is 532. The highest BCUT2D eigenvalue weighted by atomic mass is 127. The fourth-order valence-corrected chi connectivity index (χ4v) is 3.95. The van der Waals surface area contributed by atoms with E-state index in [0.717, 1.165) is 58.2 Å². The lowest BCUT2D eigenvalue weighted by molar-refractivity contribution is -0.0817. The molecule has 2 fully saturated rings. The molecule has 5 nitrogen and oxygen atoms in total. The number of hydrogen-bond donors (Lipinski definition) is 1. The van der Waals surface area contributed by atoms with Gasteiger partial charge >= 0.3 is 0 Å². The second-order valence-corrected chi connectivity index (χ2v) is 7.46. The molecule has 3 heterocycles. The Labute approximate surface area is 165 Å². The number of aliphatic imine (C=N–C) groups is 1. The van der Waals surface area contributed by atoms with Crippen molar-refractivity contribution in [2.75, 3.05) is 32.8 Å². The summed E-state index contributed by atoms with van der Waals surface area (Å²) in [5, 5.41) is 3.42. The molecule has 1 aromatic rings. The van der Waals surface area contributed by atoms with Crippen LogP contribution in [0, 0.1) is 6.92 Å². The van der Waals surface area contributed by atoms with Gasteiger partial charge in [0.15, 0.2) is 5.96 Å². The molecular weight excluding hydrogens is 437 g/mol. The molecule has 0 aromatic carbocycles. The van der Waals surface area contributed by atoms with Gasteiger partial charge in [-0.2, -0.15) is 0 Å². The minimum absolute atomic E-state index is 0. The van der Waals surface area contributed by atoms with Crippen LogP contribution in [0.1, 0.15) is 29.5 Å². The van der Waals surface area contributed by atoms with Crippen LogP contribution in [-0.2, 0) is 16.0 Å². The summed E-state index contributed by atoms with van der Waals surface area (Å²) in [7, 11) is 0. The highest BCUT2D eigenvalue weighted by molar-refractivity contribution is 14.0. The molecule has 1 aromatic heterocycles. The normalized spacial score (nSPS) is 24.8. The average molecular weight is 465 g/mol. The predicted molar refractivity (Wildman–Crippen MR) is 110 cm³/mol. The van der Waals surface area contributed by atoms with Crippen LogP contribution >= 0.6 is 35.3 Å². The van der Waals surface area contributed by atoms with E-state index in [-0.39, 0.29) is 36.2 Å². The standard InChI is InChI=1S/C17H27N3O2S.HI/c1-3-18-17(19-11-14-7-6-13(2)23-14)20-8-10-22-16(12-20)15-5-4-9-21-15;/h6-7,15-16H,3-5,8-12H2,1-2H3,(H,18,19);1H. The van der Waals surface area contributed by atoms with Crippen molar-refractivity contribution in [1.82, 2.24) is 10.2 Å². The summed E-state index contributed by atoms with van der Waals surface area (Å²) in [6.45, 7) is 9.23. The number of halogens is 1. The maximum atomic E-state index is 5.94. The molecule has 1 N–H and O–H groups in total. The van der Waals surface area contributed by atoms with E-state index in [1.165, 1.54) is 9.75 Å². The summed E-state index contributed by atoms with van der Waals surface area (Å²) in [5.74, 6) is 0.991. The topological polar surface area (TPSA) is 46.1 Å². The molecule has 0 radical (unpaired) electrons. The zero-order valence-electron chi connectivity index (χ0n) is 14.5. The lowest BCUT2D eigenvalue weighted by Crippen LogP contribution is -2.53. The van der Waals surface area contributed by atoms with Crippen LogP contribution in [0.3, 0.4) is 0 Å². The number of guanidine groups is 1. The first-order valence-corrected chi connectivity index (χ1v) is 9.39. The lowest BCUT2D eigenvalue weighted by atomic mass is 10.1. The van der Waals surface area contributed by atoms with Gasteiger partial charge in [-0.1, -0.05) is 0 Å². The first-order valence-electron chi connectivity index (χ1n) is 8.58. The number of ether oxygens (including phenoxy) is 2. The molecular formula is C17H28IN3O2S. The molecule has 2 atom stereocenters. The van der Waals surface area contributed by atoms with Gasteiger partial charge < -0.3 is 19.7 Å². The molecule has 0 aliphatic carbocycles. The summed E-state index contributed by atoms with van der Waals surface area (Å²) >= 11 is 1.82. The summed E-state index contributed by atoms with van der Waals surface area (Å²) in [6.07, 6.45) is 2.68. The average Bonchev–Trinajstić information content (AvgIpc) is 3.23. The second kappa shape index (κ2) is 9.94. The van der Waals surface area contributed by atoms with E-state index in [1.807, 2.05) is 11.3 Å². The quantitative estimate of drug-likeness (QED) is 0.422. The minimum atomic E-state index is 0. The highest BCUT2D eigenvalue weighted by Gasteiger charge is 2.32. The number of hydrogen-bond acceptors (Lipinski definition) is 4. The van der Waals surface area contributed by atoms with Gasteiger partial charge in [0, 0.05) is 36.0 Å². The van der Waals surface area contributed by atoms with E-state index in [2.05, 4.69) is 36.2 Å². The largest absolute Gasteiger partial charge is 0.375 e. The van der Waals surface area contributed by atoms with Crippen LogP contribution in [0.15, 0.2) is 17.1 Å². The number of nitrogens with one attached hydrogen (secondary N) is 1. The summed E-state index contributed by atoms with van der Waals surface area (Å²) in [5.41, 5.74) is 0. The molecule has 2 aliphatic heterocycles. The van der Waals surface area contributed by atoms with Gasteiger partial charge in [-0.15, -0.1) is 35.3 Å². The van der Waals surface area contributed by atoms with Gasteiger partial charge in [-0.25, -0.2) is 4.99 Å². The van der Waals surface area contributed by atoms with Crippen molar-refractivity contribution in [1.29, 1.82) is 0 Å². The van der Waals surface area contributed by atoms with Gasteiger partial charge in [0.05, 0.1) is 19.3 Å². The molecule has 0 amide bonds. The fourth-order valence-electron chi connectivity index (χ4n) is 3.14. The smallest absolute Gasteiger partial charge is 0.194 e. The van der Waals surface area contributed by atoms with Gasteiger partial charge in [-0.05, 0) is 38.8 Å². The van der Waals surface area contributed by atoms with Crippen molar-refractivity contribution in [3.63, 3.8) is 0 Å². The molecule has 0 bridgehead atoms. The minimum Gasteiger partial charge on any atom is -0.375 e. The van der Waals surface area contributed by atoms with Gasteiger partial charge in [0.25, 0.3) is 0 Å². The molecule has 7 heteroatoms. The van der Waals surface area contributed by atoms with E-state index in [4.69, 9.17) is 14.5 Å². The van der Waals surface area contributed by atoms with Crippen LogP contribution in [0.5, 0.6) is 0 Å². The van der Waals surface area contributed by atoms with Gasteiger partial charge in [-0.3, -0.25) is 0 Å². The number of rotatable bonds is 4. The summed E-state index contributed by atoms with van der Waals surface area (Å²) < 4.78 is 11.7. The summed E-state index contributed by atoms with van der Waals surface area (Å²) in [6, 6.07) is 4.33. The zero-order chi connectivity index (χ0) is 16.1. The van der Waals surface area contributed by atoms with Crippen molar-refractivity contribution in [2.45, 2.75) is 45.4 Å². The number of aryl methyl sites for hydroxylation is 1. The Kier molecular flexibility index (Phi) is 8.25. The van der Waals surface area contributed by atoms with Crippen LogP contribution < -0.4 is 5.32 Å². The van der Waals surface area contributed by atoms with Crippen LogP contribution in [0.2, 0.25) is 0 Å². The fraction of sp³-hybridized carbons (Fsp3) is 0.706. The molecule has 2 unspecified atom stereocenters. The molecule has 2 aliphatic rings. The number of morpholine rings is 1. The van der Waals surface area contributed by atoms with Crippen molar-refractivity contribution in [3.05, 3.63) is 21.9 Å². The maximum absolute atomic E-state index is 5.94. The molecule has 3 rings (SSSR count). The molecule has 136 valence electrons. The SMILES string of the molecule is CCNC(=NCc1ccc(C)s1)N1CCOC(C2CCCO2)C1.I.